The molecule has 0 spiro atoms. The number of nitrogens with one attached hydrogen (secondary N) is 1. The third kappa shape index (κ3) is 4.35. The number of amides is 1. The van der Waals surface area contributed by atoms with Gasteiger partial charge in [0.2, 0.25) is 5.91 Å². The van der Waals surface area contributed by atoms with Crippen LogP contribution in [0.15, 0.2) is 12.2 Å². The van der Waals surface area contributed by atoms with Crippen LogP contribution in [0.4, 0.5) is 0 Å². The molecule has 1 saturated carbocycles. The Morgan fingerprint density at radius 3 is 2.88 bits per heavy atom. The van der Waals surface area contributed by atoms with Crippen LogP contribution in [0.3, 0.4) is 0 Å². The molecule has 1 aliphatic rings. The van der Waals surface area contributed by atoms with E-state index in [9.17, 15) is 4.79 Å². The fraction of sp³-hybridized carbons (Fsp3) is 0.769. The molecule has 2 unspecified atom stereocenters. The van der Waals surface area contributed by atoms with Gasteiger partial charge < -0.3 is 11.1 Å². The molecular weight excluding hydrogens is 200 g/mol. The number of hydrogen-bond acceptors (Lipinski definition) is 2. The highest BCUT2D eigenvalue weighted by molar-refractivity contribution is 5.79. The highest BCUT2D eigenvalue weighted by Gasteiger charge is 2.26. The summed E-state index contributed by atoms with van der Waals surface area (Å²) in [5.41, 5.74) is 6.04. The molecule has 3 heteroatoms. The zero-order valence-electron chi connectivity index (χ0n) is 10.2. The van der Waals surface area contributed by atoms with Gasteiger partial charge in [-0.3, -0.25) is 4.79 Å². The third-order valence-corrected chi connectivity index (χ3v) is 3.25. The van der Waals surface area contributed by atoms with Crippen molar-refractivity contribution in [2.24, 2.45) is 11.7 Å². The van der Waals surface area contributed by atoms with Gasteiger partial charge in [-0.25, -0.2) is 0 Å². The minimum absolute atomic E-state index is 0.0353. The third-order valence-electron chi connectivity index (χ3n) is 3.25. The largest absolute Gasteiger partial charge is 0.356 e. The Labute approximate surface area is 98.5 Å². The highest BCUT2D eigenvalue weighted by atomic mass is 16.1. The second-order valence-electron chi connectivity index (χ2n) is 4.56. The maximum absolute atomic E-state index is 11.9. The number of carbonyl (C=O) groups is 1. The van der Waals surface area contributed by atoms with Gasteiger partial charge in [-0.05, 0) is 26.2 Å². The molecule has 3 nitrogen and oxygen atoms in total. The first kappa shape index (κ1) is 13.2. The standard InChI is InChI=1S/C13H24N2O/c1-2-3-7-10-15-13(16)11-8-5-4-6-9-12(11)14/h2-3,11-12H,4-10,14H2,1H3,(H,15,16)/b3-2+. The lowest BCUT2D eigenvalue weighted by molar-refractivity contribution is -0.125. The predicted octanol–water partition coefficient (Wildman–Crippen LogP) is 1.98. The van der Waals surface area contributed by atoms with E-state index in [1.807, 2.05) is 13.0 Å². The lowest BCUT2D eigenvalue weighted by atomic mass is 9.94. The Morgan fingerprint density at radius 2 is 2.12 bits per heavy atom. The molecule has 0 bridgehead atoms. The van der Waals surface area contributed by atoms with Crippen molar-refractivity contribution >= 4 is 5.91 Å². The summed E-state index contributed by atoms with van der Waals surface area (Å²) < 4.78 is 0. The molecule has 16 heavy (non-hydrogen) atoms. The van der Waals surface area contributed by atoms with Crippen molar-refractivity contribution in [3.63, 3.8) is 0 Å². The summed E-state index contributed by atoms with van der Waals surface area (Å²) in [5, 5.41) is 2.98. The van der Waals surface area contributed by atoms with Gasteiger partial charge in [0.05, 0.1) is 5.92 Å². The fourth-order valence-corrected chi connectivity index (χ4v) is 2.24. The number of rotatable bonds is 4. The van der Waals surface area contributed by atoms with Crippen molar-refractivity contribution in [2.75, 3.05) is 6.54 Å². The van der Waals surface area contributed by atoms with Crippen LogP contribution in [0.1, 0.15) is 45.4 Å². The summed E-state index contributed by atoms with van der Waals surface area (Å²) in [6.07, 6.45) is 10.4. The summed E-state index contributed by atoms with van der Waals surface area (Å²) in [4.78, 5) is 11.9. The van der Waals surface area contributed by atoms with Crippen LogP contribution in [0, 0.1) is 5.92 Å². The number of carbonyl (C=O) groups excluding carboxylic acids is 1. The van der Waals surface area contributed by atoms with Crippen LogP contribution in [0.25, 0.3) is 0 Å². The number of nitrogens with two attached hydrogens (primary N) is 1. The summed E-state index contributed by atoms with van der Waals surface area (Å²) >= 11 is 0. The lowest BCUT2D eigenvalue weighted by Crippen LogP contribution is -2.41. The zero-order valence-corrected chi connectivity index (χ0v) is 10.2. The Bertz CT molecular complexity index is 238. The summed E-state index contributed by atoms with van der Waals surface area (Å²) in [7, 11) is 0. The molecule has 0 heterocycles. The van der Waals surface area contributed by atoms with E-state index in [0.29, 0.717) is 0 Å². The molecular formula is C13H24N2O. The average molecular weight is 224 g/mol. The van der Waals surface area contributed by atoms with Crippen LogP contribution in [-0.2, 0) is 4.79 Å². The van der Waals surface area contributed by atoms with Crippen molar-refractivity contribution < 1.29 is 4.79 Å². The normalized spacial score (nSPS) is 26.6. The first-order chi connectivity index (χ1) is 7.75. The molecule has 1 rings (SSSR count). The Kier molecular flexibility index (Phi) is 6.16. The topological polar surface area (TPSA) is 55.1 Å². The highest BCUT2D eigenvalue weighted by Crippen LogP contribution is 2.22. The van der Waals surface area contributed by atoms with Crippen molar-refractivity contribution in [3.8, 4) is 0 Å². The van der Waals surface area contributed by atoms with Gasteiger partial charge in [-0.2, -0.15) is 0 Å². The summed E-state index contributed by atoms with van der Waals surface area (Å²) in [5.74, 6) is 0.187. The van der Waals surface area contributed by atoms with Crippen LogP contribution in [0.2, 0.25) is 0 Å². The van der Waals surface area contributed by atoms with Crippen LogP contribution in [0.5, 0.6) is 0 Å². The molecule has 0 aromatic carbocycles. The van der Waals surface area contributed by atoms with Gasteiger partial charge in [0.25, 0.3) is 0 Å². The van der Waals surface area contributed by atoms with Gasteiger partial charge in [0, 0.05) is 12.6 Å². The van der Waals surface area contributed by atoms with Crippen LogP contribution >= 0.6 is 0 Å². The van der Waals surface area contributed by atoms with Gasteiger partial charge in [-0.15, -0.1) is 0 Å². The maximum Gasteiger partial charge on any atom is 0.224 e. The Morgan fingerprint density at radius 1 is 1.38 bits per heavy atom. The van der Waals surface area contributed by atoms with E-state index in [1.54, 1.807) is 0 Å². The molecule has 0 saturated heterocycles. The minimum atomic E-state index is 0.0353. The van der Waals surface area contributed by atoms with Crippen LogP contribution in [-0.4, -0.2) is 18.5 Å². The molecule has 0 radical (unpaired) electrons. The second kappa shape index (κ2) is 7.44. The molecule has 1 amide bonds. The van der Waals surface area contributed by atoms with Crippen molar-refractivity contribution in [1.82, 2.24) is 5.32 Å². The molecule has 1 fully saturated rings. The van der Waals surface area contributed by atoms with Crippen LogP contribution < -0.4 is 11.1 Å². The van der Waals surface area contributed by atoms with Gasteiger partial charge in [-0.1, -0.05) is 31.4 Å². The molecule has 0 aromatic heterocycles. The Balaban J connectivity index is 2.32. The first-order valence-corrected chi connectivity index (χ1v) is 6.40. The second-order valence-corrected chi connectivity index (χ2v) is 4.56. The molecule has 92 valence electrons. The van der Waals surface area contributed by atoms with E-state index >= 15 is 0 Å². The van der Waals surface area contributed by atoms with E-state index in [4.69, 9.17) is 5.73 Å². The van der Waals surface area contributed by atoms with Gasteiger partial charge >= 0.3 is 0 Å². The molecule has 0 aromatic rings. The van der Waals surface area contributed by atoms with E-state index in [0.717, 1.165) is 32.2 Å². The molecule has 2 atom stereocenters. The van der Waals surface area contributed by atoms with E-state index < -0.39 is 0 Å². The first-order valence-electron chi connectivity index (χ1n) is 6.40. The fourth-order valence-electron chi connectivity index (χ4n) is 2.24. The molecule has 0 aliphatic heterocycles. The zero-order chi connectivity index (χ0) is 11.8. The van der Waals surface area contributed by atoms with Crippen molar-refractivity contribution in [2.45, 2.75) is 51.5 Å². The number of allylic oxidation sites excluding steroid dienone is 1. The van der Waals surface area contributed by atoms with Crippen molar-refractivity contribution in [3.05, 3.63) is 12.2 Å². The summed E-state index contributed by atoms with van der Waals surface area (Å²) in [6.45, 7) is 2.72. The van der Waals surface area contributed by atoms with Gasteiger partial charge in [0.15, 0.2) is 0 Å². The smallest absolute Gasteiger partial charge is 0.224 e. The predicted molar refractivity (Wildman–Crippen MR) is 67.0 cm³/mol. The van der Waals surface area contributed by atoms with E-state index in [-0.39, 0.29) is 17.9 Å². The minimum Gasteiger partial charge on any atom is -0.356 e. The maximum atomic E-state index is 11.9. The quantitative estimate of drug-likeness (QED) is 0.436. The molecule has 1 aliphatic carbocycles. The average Bonchev–Trinajstić information content (AvgIpc) is 2.49. The monoisotopic (exact) mass is 224 g/mol. The molecule has 3 N–H and O–H groups in total. The summed E-state index contributed by atoms with van der Waals surface area (Å²) in [6, 6.07) is 0.0595. The van der Waals surface area contributed by atoms with E-state index in [2.05, 4.69) is 11.4 Å². The Hall–Kier alpha value is -0.830. The van der Waals surface area contributed by atoms with Crippen molar-refractivity contribution in [1.29, 1.82) is 0 Å². The lowest BCUT2D eigenvalue weighted by Gasteiger charge is -2.20. The van der Waals surface area contributed by atoms with Gasteiger partial charge in [0.1, 0.15) is 0 Å². The van der Waals surface area contributed by atoms with E-state index in [1.165, 1.54) is 12.8 Å². The number of hydrogen-bond donors (Lipinski definition) is 2. The SMILES string of the molecule is C/C=C/CCNC(=O)C1CCCCCC1N.